The number of fused-ring (bicyclic) bond motifs is 6. The second-order valence-corrected chi connectivity index (χ2v) is 12.9. The lowest BCUT2D eigenvalue weighted by molar-refractivity contribution is -0.633. The number of hydrogen-bond donors (Lipinski definition) is 0. The van der Waals surface area contributed by atoms with E-state index in [2.05, 4.69) is 90.3 Å². The van der Waals surface area contributed by atoms with E-state index in [4.69, 9.17) is 22.0 Å². The molecule has 0 aliphatic carbocycles. The number of nitrogens with zero attached hydrogens (tertiary/aromatic N) is 4. The zero-order chi connectivity index (χ0) is 37.7. The molecule has 6 nitrogen and oxygen atoms in total. The third kappa shape index (κ3) is 4.34. The minimum absolute atomic E-state index is 0.0487. The fourth-order valence-corrected chi connectivity index (χ4v) is 7.07. The molecule has 234 valence electrons. The molecule has 47 heavy (non-hydrogen) atoms. The first kappa shape index (κ1) is 23.1. The topological polar surface area (TPSA) is 60.9 Å². The van der Waals surface area contributed by atoms with Gasteiger partial charge in [-0.1, -0.05) is 70.2 Å². The number of para-hydroxylation sites is 2. The van der Waals surface area contributed by atoms with Crippen LogP contribution in [0.4, 0.5) is 0 Å². The van der Waals surface area contributed by atoms with Gasteiger partial charge in [-0.2, -0.15) is 4.57 Å². The number of pyridine rings is 2. The maximum atomic E-state index is 8.56. The Bertz CT molecular complexity index is 2700. The number of hydrogen-bond acceptors (Lipinski definition) is 4. The van der Waals surface area contributed by atoms with Gasteiger partial charge in [-0.3, -0.25) is 4.98 Å². The van der Waals surface area contributed by atoms with Crippen molar-refractivity contribution in [3.05, 3.63) is 107 Å². The lowest BCUT2D eigenvalue weighted by atomic mass is 9.88. The third-order valence-electron chi connectivity index (χ3n) is 9.28. The van der Waals surface area contributed by atoms with Crippen molar-refractivity contribution in [1.82, 2.24) is 14.5 Å². The van der Waals surface area contributed by atoms with E-state index in [-0.39, 0.29) is 40.1 Å². The first-order valence-electron chi connectivity index (χ1n) is 19.0. The Morgan fingerprint density at radius 1 is 0.766 bits per heavy atom. The van der Waals surface area contributed by atoms with E-state index >= 15 is 0 Å². The number of rotatable bonds is 5. The fraction of sp³-hybridized carbons (Fsp3) is 0.244. The molecule has 5 aromatic heterocycles. The summed E-state index contributed by atoms with van der Waals surface area (Å²) in [6.07, 6.45) is 0. The number of aryl methyl sites for hydroxylation is 4. The molecule has 0 amide bonds. The number of aromatic nitrogens is 4. The van der Waals surface area contributed by atoms with Crippen molar-refractivity contribution in [3.8, 4) is 28.2 Å². The Morgan fingerprint density at radius 2 is 1.49 bits per heavy atom. The van der Waals surface area contributed by atoms with Gasteiger partial charge in [0.25, 0.3) is 0 Å². The molecule has 0 bridgehead atoms. The molecular formula is C41H39N4O2+. The highest BCUT2D eigenvalue weighted by Gasteiger charge is 2.35. The molecule has 0 unspecified atom stereocenters. The average Bonchev–Trinajstić information content (AvgIpc) is 3.74. The molecule has 3 aromatic carbocycles. The molecule has 0 N–H and O–H groups in total. The van der Waals surface area contributed by atoms with Crippen LogP contribution in [-0.2, 0) is 7.05 Å². The highest BCUT2D eigenvalue weighted by molar-refractivity contribution is 6.19. The van der Waals surface area contributed by atoms with Gasteiger partial charge in [-0.25, -0.2) is 9.55 Å². The Labute approximate surface area is 282 Å². The lowest BCUT2D eigenvalue weighted by Gasteiger charge is -2.21. The van der Waals surface area contributed by atoms with Gasteiger partial charge in [0.05, 0.1) is 28.9 Å². The van der Waals surface area contributed by atoms with E-state index < -0.39 is 13.7 Å². The molecule has 0 radical (unpaired) electrons. The van der Waals surface area contributed by atoms with Gasteiger partial charge < -0.3 is 8.83 Å². The van der Waals surface area contributed by atoms with Crippen LogP contribution in [0.5, 0.6) is 0 Å². The first-order chi connectivity index (χ1) is 25.1. The Balaban J connectivity index is 1.53. The second-order valence-electron chi connectivity index (χ2n) is 12.9. The van der Waals surface area contributed by atoms with E-state index in [1.165, 1.54) is 6.07 Å². The van der Waals surface area contributed by atoms with Crippen LogP contribution >= 0.6 is 0 Å². The van der Waals surface area contributed by atoms with Gasteiger partial charge in [0, 0.05) is 30.7 Å². The summed E-state index contributed by atoms with van der Waals surface area (Å²) in [5, 5.41) is 1.12. The lowest BCUT2D eigenvalue weighted by Crippen LogP contribution is -2.31. The summed E-state index contributed by atoms with van der Waals surface area (Å²) < 4.78 is 66.3. The zero-order valence-electron chi connectivity index (χ0n) is 33.3. The number of benzene rings is 3. The standard InChI is InChI=1S/C41H39N4O2/c1-22(2)30-20-28(27-14-10-9-11-15-27)21-31(23(3)4)37(30)45-33-17-13-12-16-32(33)44(8)40(45)35-26(7)43-25(6)34-36-29-19-18-24(5)42-39(29)47-41(36)46-38(34)35/h9-23H,1-8H3/q+1/i5D3,6D3. The molecule has 0 atom stereocenters. The maximum Gasteiger partial charge on any atom is 0.300 e. The molecule has 0 fully saturated rings. The Hall–Kier alpha value is -5.23. The Morgan fingerprint density at radius 3 is 2.19 bits per heavy atom. The molecule has 8 aromatic rings. The molecule has 0 saturated carbocycles. The minimum atomic E-state index is -2.61. The summed E-state index contributed by atoms with van der Waals surface area (Å²) in [4.78, 5) is 9.10. The van der Waals surface area contributed by atoms with Gasteiger partial charge in [0.1, 0.15) is 11.3 Å². The van der Waals surface area contributed by atoms with Crippen LogP contribution in [-0.4, -0.2) is 14.5 Å². The van der Waals surface area contributed by atoms with Crippen LogP contribution in [0.1, 0.15) is 76.0 Å². The highest BCUT2D eigenvalue weighted by atomic mass is 16.5. The molecule has 0 aliphatic rings. The Kier molecular flexibility index (Phi) is 5.25. The quantitative estimate of drug-likeness (QED) is 0.179. The molecule has 6 heteroatoms. The summed E-state index contributed by atoms with van der Waals surface area (Å²) in [7, 11) is 2.00. The zero-order valence-corrected chi connectivity index (χ0v) is 27.3. The van der Waals surface area contributed by atoms with Gasteiger partial charge in [-0.15, -0.1) is 0 Å². The number of furan rings is 2. The second kappa shape index (κ2) is 10.7. The van der Waals surface area contributed by atoms with Crippen LogP contribution < -0.4 is 4.57 Å². The van der Waals surface area contributed by atoms with Gasteiger partial charge in [0.15, 0.2) is 16.6 Å². The summed E-state index contributed by atoms with van der Waals surface area (Å²) in [5.74, 6) is 1.10. The molecule has 5 heterocycles. The molecule has 0 aliphatic heterocycles. The van der Waals surface area contributed by atoms with Crippen molar-refractivity contribution in [2.75, 3.05) is 0 Å². The van der Waals surface area contributed by atoms with E-state index in [1.54, 1.807) is 6.07 Å². The van der Waals surface area contributed by atoms with Gasteiger partial charge >= 0.3 is 11.6 Å². The first-order valence-corrected chi connectivity index (χ1v) is 16.0. The maximum absolute atomic E-state index is 8.56. The van der Waals surface area contributed by atoms with Crippen molar-refractivity contribution < 1.29 is 21.6 Å². The van der Waals surface area contributed by atoms with Crippen LogP contribution in [0.15, 0.2) is 87.7 Å². The van der Waals surface area contributed by atoms with Crippen LogP contribution in [0, 0.1) is 20.6 Å². The van der Waals surface area contributed by atoms with Crippen molar-refractivity contribution in [2.45, 2.75) is 60.2 Å². The average molecular weight is 626 g/mol. The van der Waals surface area contributed by atoms with E-state index in [0.29, 0.717) is 27.6 Å². The van der Waals surface area contributed by atoms with E-state index in [9.17, 15) is 0 Å². The molecule has 0 spiro atoms. The van der Waals surface area contributed by atoms with Crippen molar-refractivity contribution in [3.63, 3.8) is 0 Å². The minimum Gasteiger partial charge on any atom is -0.424 e. The monoisotopic (exact) mass is 625 g/mol. The van der Waals surface area contributed by atoms with Crippen LogP contribution in [0.2, 0.25) is 0 Å². The summed E-state index contributed by atoms with van der Waals surface area (Å²) in [5.41, 5.74) is 8.79. The van der Waals surface area contributed by atoms with Gasteiger partial charge in [0.2, 0.25) is 5.71 Å². The molecule has 8 rings (SSSR count). The van der Waals surface area contributed by atoms with Crippen LogP contribution in [0.3, 0.4) is 0 Å². The van der Waals surface area contributed by atoms with Crippen molar-refractivity contribution in [1.29, 1.82) is 0 Å². The smallest absolute Gasteiger partial charge is 0.300 e. The van der Waals surface area contributed by atoms with Gasteiger partial charge in [-0.05, 0) is 80.0 Å². The summed E-state index contributed by atoms with van der Waals surface area (Å²) in [6, 6.07) is 26.2. The van der Waals surface area contributed by atoms with Crippen LogP contribution in [0.25, 0.3) is 72.5 Å². The molecule has 0 saturated heterocycles. The van der Waals surface area contributed by atoms with Crippen molar-refractivity contribution >= 4 is 44.3 Å². The molecular weight excluding hydrogens is 580 g/mol. The van der Waals surface area contributed by atoms with E-state index in [0.717, 1.165) is 44.8 Å². The largest absolute Gasteiger partial charge is 0.424 e. The summed E-state index contributed by atoms with van der Waals surface area (Å²) in [6.45, 7) is 5.57. The SMILES string of the molecule is [2H]C([2H])([2H])c1ccc2c(n1)oc1oc3c(-c4n(-c5c(C(C)C)cc(-c6ccccc6)cc5C(C)C)c5ccccc5[n+]4C)c(C)nc(C([2H])([2H])[2H])c3c12. The third-order valence-corrected chi connectivity index (χ3v) is 9.28. The fourth-order valence-electron chi connectivity index (χ4n) is 7.07. The number of imidazole rings is 1. The predicted octanol–water partition coefficient (Wildman–Crippen LogP) is 10.4. The highest BCUT2D eigenvalue weighted by Crippen LogP contribution is 2.45. The summed E-state index contributed by atoms with van der Waals surface area (Å²) >= 11 is 0. The van der Waals surface area contributed by atoms with E-state index in [1.807, 2.05) is 32.2 Å². The van der Waals surface area contributed by atoms with Crippen molar-refractivity contribution in [2.24, 2.45) is 7.05 Å². The normalized spacial score (nSPS) is 14.6. The predicted molar refractivity (Wildman–Crippen MR) is 190 cm³/mol.